The second-order valence-electron chi connectivity index (χ2n) is 7.70. The van der Waals surface area contributed by atoms with Crippen molar-refractivity contribution >= 4 is 28.2 Å². The number of carbonyl (C=O) groups excluding carboxylic acids is 2. The average Bonchev–Trinajstić information content (AvgIpc) is 3.24. The zero-order chi connectivity index (χ0) is 21.0. The molecule has 1 atom stereocenters. The van der Waals surface area contributed by atoms with Crippen molar-refractivity contribution < 1.29 is 14.3 Å². The third-order valence-electron chi connectivity index (χ3n) is 5.12. The van der Waals surface area contributed by atoms with Crippen molar-refractivity contribution in [2.75, 3.05) is 25.5 Å². The van der Waals surface area contributed by atoms with Crippen LogP contribution in [-0.2, 0) is 35.5 Å². The van der Waals surface area contributed by atoms with Crippen LogP contribution < -0.4 is 5.32 Å². The first kappa shape index (κ1) is 21.5. The van der Waals surface area contributed by atoms with Crippen molar-refractivity contribution in [2.45, 2.75) is 53.1 Å². The number of carbonyl (C=O) groups is 2. The molecule has 29 heavy (non-hydrogen) atoms. The van der Waals surface area contributed by atoms with Gasteiger partial charge in [-0.15, -0.1) is 11.3 Å². The highest BCUT2D eigenvalue weighted by Crippen LogP contribution is 2.40. The number of fused-ring (bicyclic) bond motifs is 1. The van der Waals surface area contributed by atoms with E-state index >= 15 is 0 Å². The van der Waals surface area contributed by atoms with E-state index in [1.54, 1.807) is 6.92 Å². The van der Waals surface area contributed by atoms with E-state index < -0.39 is 0 Å². The number of aromatic nitrogens is 2. The van der Waals surface area contributed by atoms with Crippen LogP contribution in [0.4, 0.5) is 5.00 Å². The maximum Gasteiger partial charge on any atom is 0.341 e. The quantitative estimate of drug-likeness (QED) is 0.666. The molecule has 1 unspecified atom stereocenters. The second-order valence-corrected chi connectivity index (χ2v) is 8.81. The van der Waals surface area contributed by atoms with Crippen molar-refractivity contribution in [1.29, 1.82) is 0 Å². The average molecular weight is 419 g/mol. The number of rotatable bonds is 8. The summed E-state index contributed by atoms with van der Waals surface area (Å²) in [5.74, 6) is 0.123. The Bertz CT molecular complexity index is 873. The molecule has 1 N–H and O–H groups in total. The van der Waals surface area contributed by atoms with Crippen LogP contribution in [0.5, 0.6) is 0 Å². The summed E-state index contributed by atoms with van der Waals surface area (Å²) in [6.07, 6.45) is 6.67. The highest BCUT2D eigenvalue weighted by molar-refractivity contribution is 7.17. The topological polar surface area (TPSA) is 76.5 Å². The summed E-state index contributed by atoms with van der Waals surface area (Å²) in [4.78, 5) is 28.4. The van der Waals surface area contributed by atoms with E-state index in [4.69, 9.17) is 4.74 Å². The van der Waals surface area contributed by atoms with E-state index in [-0.39, 0.29) is 18.4 Å². The zero-order valence-electron chi connectivity index (χ0n) is 17.7. The predicted molar refractivity (Wildman–Crippen MR) is 114 cm³/mol. The summed E-state index contributed by atoms with van der Waals surface area (Å²) in [6, 6.07) is 0. The number of aryl methyl sites for hydroxylation is 1. The largest absolute Gasteiger partial charge is 0.462 e. The zero-order valence-corrected chi connectivity index (χ0v) is 18.5. The molecule has 8 heteroatoms. The molecule has 0 saturated heterocycles. The molecule has 1 aliphatic carbocycles. The number of esters is 1. The van der Waals surface area contributed by atoms with Gasteiger partial charge in [-0.1, -0.05) is 6.92 Å². The van der Waals surface area contributed by atoms with Gasteiger partial charge in [0.1, 0.15) is 5.00 Å². The third kappa shape index (κ3) is 5.25. The highest BCUT2D eigenvalue weighted by Gasteiger charge is 2.29. The first-order valence-electron chi connectivity index (χ1n) is 10.2. The first-order valence-corrected chi connectivity index (χ1v) is 11.0. The van der Waals surface area contributed by atoms with Gasteiger partial charge >= 0.3 is 5.97 Å². The minimum atomic E-state index is -0.338. The van der Waals surface area contributed by atoms with Crippen LogP contribution in [-0.4, -0.2) is 46.8 Å². The summed E-state index contributed by atoms with van der Waals surface area (Å²) in [5, 5.41) is 7.86. The van der Waals surface area contributed by atoms with Crippen LogP contribution in [0, 0.1) is 5.92 Å². The minimum Gasteiger partial charge on any atom is -0.462 e. The Kier molecular flexibility index (Phi) is 7.08. The summed E-state index contributed by atoms with van der Waals surface area (Å²) in [6.45, 7) is 8.07. The molecule has 0 aromatic carbocycles. The van der Waals surface area contributed by atoms with Gasteiger partial charge in [-0.05, 0) is 51.6 Å². The van der Waals surface area contributed by atoms with E-state index in [2.05, 4.69) is 17.3 Å². The number of hydrogen-bond acceptors (Lipinski definition) is 6. The van der Waals surface area contributed by atoms with Crippen LogP contribution in [0.25, 0.3) is 0 Å². The van der Waals surface area contributed by atoms with Crippen molar-refractivity contribution in [1.82, 2.24) is 14.7 Å². The number of nitrogens with zero attached hydrogens (tertiary/aromatic N) is 3. The smallest absolute Gasteiger partial charge is 0.341 e. The molecule has 7 nitrogen and oxygen atoms in total. The molecule has 2 heterocycles. The molecule has 3 rings (SSSR count). The van der Waals surface area contributed by atoms with Crippen molar-refractivity contribution in [3.63, 3.8) is 0 Å². The fourth-order valence-corrected chi connectivity index (χ4v) is 5.11. The predicted octanol–water partition coefficient (Wildman–Crippen LogP) is 3.34. The lowest BCUT2D eigenvalue weighted by Gasteiger charge is -2.18. The Hall–Kier alpha value is -2.19. The Morgan fingerprint density at radius 3 is 2.90 bits per heavy atom. The van der Waals surface area contributed by atoms with Crippen LogP contribution in [0.1, 0.15) is 53.6 Å². The van der Waals surface area contributed by atoms with Gasteiger partial charge in [-0.3, -0.25) is 14.4 Å². The summed E-state index contributed by atoms with van der Waals surface area (Å²) >= 11 is 1.52. The van der Waals surface area contributed by atoms with Gasteiger partial charge in [0.05, 0.1) is 24.9 Å². The molecule has 0 spiro atoms. The molecule has 1 amide bonds. The Balaban J connectivity index is 1.69. The van der Waals surface area contributed by atoms with Gasteiger partial charge in [0.25, 0.3) is 0 Å². The number of anilines is 1. The normalized spacial score (nSPS) is 16.0. The number of thiophene rings is 1. The Labute approximate surface area is 176 Å². The number of nitrogens with one attached hydrogen (secondary N) is 1. The van der Waals surface area contributed by atoms with Crippen molar-refractivity contribution in [2.24, 2.45) is 5.92 Å². The van der Waals surface area contributed by atoms with E-state index in [1.165, 1.54) is 16.2 Å². The molecule has 1 aliphatic rings. The van der Waals surface area contributed by atoms with Gasteiger partial charge in [0, 0.05) is 29.7 Å². The van der Waals surface area contributed by atoms with Crippen LogP contribution in [0.2, 0.25) is 0 Å². The monoisotopic (exact) mass is 418 g/mol. The lowest BCUT2D eigenvalue weighted by atomic mass is 9.88. The van der Waals surface area contributed by atoms with Gasteiger partial charge in [-0.2, -0.15) is 5.10 Å². The van der Waals surface area contributed by atoms with Gasteiger partial charge < -0.3 is 10.1 Å². The maximum absolute atomic E-state index is 12.7. The molecular weight excluding hydrogens is 388 g/mol. The van der Waals surface area contributed by atoms with Crippen LogP contribution in [0.15, 0.2) is 12.4 Å². The standard InChI is InChI=1S/C21H30N4O3S/c1-5-25-12-15(10-22-25)11-24(4)13-18(26)23-20-19(21(27)28-6-2)16-8-7-14(3)9-17(16)29-20/h10,12,14H,5-9,11,13H2,1-4H3,(H,23,26). The fraction of sp³-hybridized carbons (Fsp3) is 0.571. The van der Waals surface area contributed by atoms with Gasteiger partial charge in [0.15, 0.2) is 0 Å². The lowest BCUT2D eigenvalue weighted by molar-refractivity contribution is -0.117. The Morgan fingerprint density at radius 1 is 1.41 bits per heavy atom. The Morgan fingerprint density at radius 2 is 2.21 bits per heavy atom. The highest BCUT2D eigenvalue weighted by atomic mass is 32.1. The maximum atomic E-state index is 12.7. The second kappa shape index (κ2) is 9.54. The fourth-order valence-electron chi connectivity index (χ4n) is 3.70. The number of likely N-dealkylation sites (N-methyl/N-ethyl adjacent to an activating group) is 1. The summed E-state index contributed by atoms with van der Waals surface area (Å²) in [7, 11) is 1.90. The molecule has 0 fully saturated rings. The molecular formula is C21H30N4O3S. The molecule has 0 saturated carbocycles. The van der Waals surface area contributed by atoms with E-state index in [0.717, 1.165) is 36.9 Å². The van der Waals surface area contributed by atoms with E-state index in [1.807, 2.05) is 35.9 Å². The molecule has 0 radical (unpaired) electrons. The first-order chi connectivity index (χ1) is 13.9. The summed E-state index contributed by atoms with van der Waals surface area (Å²) < 4.78 is 7.14. The molecule has 2 aromatic rings. The molecule has 158 valence electrons. The minimum absolute atomic E-state index is 0.132. The number of hydrogen-bond donors (Lipinski definition) is 1. The number of ether oxygens (including phenoxy) is 1. The molecule has 0 aliphatic heterocycles. The van der Waals surface area contributed by atoms with Crippen molar-refractivity contribution in [3.8, 4) is 0 Å². The van der Waals surface area contributed by atoms with Crippen LogP contribution >= 0.6 is 11.3 Å². The molecule has 2 aromatic heterocycles. The van der Waals surface area contributed by atoms with Gasteiger partial charge in [-0.25, -0.2) is 4.79 Å². The van der Waals surface area contributed by atoms with Crippen molar-refractivity contribution in [3.05, 3.63) is 34.0 Å². The summed E-state index contributed by atoms with van der Waals surface area (Å²) in [5.41, 5.74) is 2.68. The number of amides is 1. The van der Waals surface area contributed by atoms with Gasteiger partial charge in [0.2, 0.25) is 5.91 Å². The lowest BCUT2D eigenvalue weighted by Crippen LogP contribution is -2.30. The van der Waals surface area contributed by atoms with E-state index in [9.17, 15) is 9.59 Å². The van der Waals surface area contributed by atoms with Crippen LogP contribution in [0.3, 0.4) is 0 Å². The van der Waals surface area contributed by atoms with E-state index in [0.29, 0.717) is 29.6 Å². The molecule has 0 bridgehead atoms. The third-order valence-corrected chi connectivity index (χ3v) is 6.29. The SMILES string of the molecule is CCOC(=O)c1c(NC(=O)CN(C)Cc2cnn(CC)c2)sc2c1CCC(C)C2.